The average Bonchev–Trinajstić information content (AvgIpc) is 2.28. The molecule has 0 bridgehead atoms. The SMILES string of the molecule is COC(=O)C(C)(C)NC(=O)NC1CCCCC1. The fourth-order valence-electron chi connectivity index (χ4n) is 2.06. The van der Waals surface area contributed by atoms with E-state index in [4.69, 9.17) is 0 Å². The second-order valence-corrected chi connectivity index (χ2v) is 5.05. The van der Waals surface area contributed by atoms with Gasteiger partial charge in [-0.15, -0.1) is 0 Å². The van der Waals surface area contributed by atoms with Gasteiger partial charge in [0.05, 0.1) is 7.11 Å². The highest BCUT2D eigenvalue weighted by Gasteiger charge is 2.31. The van der Waals surface area contributed by atoms with Gasteiger partial charge < -0.3 is 15.4 Å². The van der Waals surface area contributed by atoms with Crippen molar-refractivity contribution in [3.05, 3.63) is 0 Å². The average molecular weight is 242 g/mol. The predicted molar refractivity (Wildman–Crippen MR) is 64.6 cm³/mol. The number of esters is 1. The number of ether oxygens (including phenoxy) is 1. The molecule has 1 aliphatic carbocycles. The van der Waals surface area contributed by atoms with E-state index in [9.17, 15) is 9.59 Å². The first-order chi connectivity index (χ1) is 7.95. The summed E-state index contributed by atoms with van der Waals surface area (Å²) in [6, 6.07) is -0.0653. The van der Waals surface area contributed by atoms with E-state index >= 15 is 0 Å². The van der Waals surface area contributed by atoms with E-state index < -0.39 is 11.5 Å². The summed E-state index contributed by atoms with van der Waals surface area (Å²) in [4.78, 5) is 23.1. The Morgan fingerprint density at radius 2 is 1.76 bits per heavy atom. The van der Waals surface area contributed by atoms with E-state index in [2.05, 4.69) is 15.4 Å². The predicted octanol–water partition coefficient (Wildman–Crippen LogP) is 1.57. The molecule has 5 heteroatoms. The van der Waals surface area contributed by atoms with Gasteiger partial charge in [0.25, 0.3) is 0 Å². The van der Waals surface area contributed by atoms with Crippen molar-refractivity contribution in [3.63, 3.8) is 0 Å². The maximum atomic E-state index is 11.7. The standard InChI is InChI=1S/C12H22N2O3/c1-12(2,10(15)17-3)14-11(16)13-9-7-5-4-6-8-9/h9H,4-8H2,1-3H3,(H2,13,14,16). The minimum Gasteiger partial charge on any atom is -0.467 e. The summed E-state index contributed by atoms with van der Waals surface area (Å²) < 4.78 is 4.62. The number of urea groups is 1. The lowest BCUT2D eigenvalue weighted by molar-refractivity contribution is -0.146. The molecule has 0 unspecified atom stereocenters. The van der Waals surface area contributed by atoms with Gasteiger partial charge in [-0.1, -0.05) is 19.3 Å². The molecule has 0 saturated heterocycles. The maximum Gasteiger partial charge on any atom is 0.331 e. The van der Waals surface area contributed by atoms with Crippen LogP contribution in [0.25, 0.3) is 0 Å². The molecule has 98 valence electrons. The second kappa shape index (κ2) is 5.89. The molecule has 0 aromatic carbocycles. The van der Waals surface area contributed by atoms with Gasteiger partial charge in [-0.2, -0.15) is 0 Å². The maximum absolute atomic E-state index is 11.7. The highest BCUT2D eigenvalue weighted by molar-refractivity contribution is 5.86. The fraction of sp³-hybridized carbons (Fsp3) is 0.833. The molecule has 5 nitrogen and oxygen atoms in total. The number of hydrogen-bond acceptors (Lipinski definition) is 3. The number of amides is 2. The zero-order valence-electron chi connectivity index (χ0n) is 10.8. The summed E-state index contributed by atoms with van der Waals surface area (Å²) in [5.74, 6) is -0.448. The molecule has 0 aliphatic heterocycles. The van der Waals surface area contributed by atoms with Crippen LogP contribution in [0.5, 0.6) is 0 Å². The number of nitrogens with one attached hydrogen (secondary N) is 2. The van der Waals surface area contributed by atoms with Gasteiger partial charge in [-0.05, 0) is 26.7 Å². The topological polar surface area (TPSA) is 67.4 Å². The Bertz CT molecular complexity index is 283. The zero-order valence-corrected chi connectivity index (χ0v) is 10.8. The summed E-state index contributed by atoms with van der Waals surface area (Å²) in [5.41, 5.74) is -0.993. The van der Waals surface area contributed by atoms with Crippen LogP contribution in [0.15, 0.2) is 0 Å². The molecule has 0 atom stereocenters. The second-order valence-electron chi connectivity index (χ2n) is 5.05. The van der Waals surface area contributed by atoms with Crippen LogP contribution in [0.3, 0.4) is 0 Å². The molecule has 0 aromatic heterocycles. The van der Waals surface area contributed by atoms with Crippen LogP contribution in [-0.2, 0) is 9.53 Å². The monoisotopic (exact) mass is 242 g/mol. The molecule has 2 N–H and O–H groups in total. The van der Waals surface area contributed by atoms with Crippen molar-refractivity contribution >= 4 is 12.0 Å². The number of carbonyl (C=O) groups is 2. The van der Waals surface area contributed by atoms with Crippen molar-refractivity contribution in [3.8, 4) is 0 Å². The van der Waals surface area contributed by atoms with Crippen molar-refractivity contribution in [2.24, 2.45) is 0 Å². The lowest BCUT2D eigenvalue weighted by Crippen LogP contribution is -2.55. The molecule has 0 radical (unpaired) electrons. The Labute approximate surface area is 102 Å². The smallest absolute Gasteiger partial charge is 0.331 e. The molecule has 2 amide bonds. The summed E-state index contributed by atoms with van der Waals surface area (Å²) in [5, 5.41) is 5.53. The van der Waals surface area contributed by atoms with Crippen molar-refractivity contribution in [2.75, 3.05) is 7.11 Å². The Kier molecular flexibility index (Phi) is 4.78. The first-order valence-corrected chi connectivity index (χ1v) is 6.13. The first-order valence-electron chi connectivity index (χ1n) is 6.13. The first kappa shape index (κ1) is 13.8. The third-order valence-electron chi connectivity index (χ3n) is 3.06. The highest BCUT2D eigenvalue weighted by atomic mass is 16.5. The van der Waals surface area contributed by atoms with Gasteiger partial charge in [0, 0.05) is 6.04 Å². The Balaban J connectivity index is 2.40. The van der Waals surface area contributed by atoms with E-state index in [0.717, 1.165) is 25.7 Å². The molecule has 1 saturated carbocycles. The molecular formula is C12H22N2O3. The molecular weight excluding hydrogens is 220 g/mol. The van der Waals surface area contributed by atoms with Crippen molar-refractivity contribution < 1.29 is 14.3 Å². The molecule has 1 rings (SSSR count). The van der Waals surface area contributed by atoms with Crippen molar-refractivity contribution in [2.45, 2.75) is 57.5 Å². The number of rotatable bonds is 3. The zero-order chi connectivity index (χ0) is 12.9. The Hall–Kier alpha value is -1.26. The summed E-state index contributed by atoms with van der Waals surface area (Å²) in [7, 11) is 1.31. The number of carbonyl (C=O) groups excluding carboxylic acids is 2. The van der Waals surface area contributed by atoms with Gasteiger partial charge in [0.2, 0.25) is 0 Å². The molecule has 0 aromatic rings. The van der Waals surface area contributed by atoms with E-state index in [1.165, 1.54) is 13.5 Å². The van der Waals surface area contributed by atoms with E-state index in [1.807, 2.05) is 0 Å². The van der Waals surface area contributed by atoms with Crippen LogP contribution < -0.4 is 10.6 Å². The summed E-state index contributed by atoms with van der Waals surface area (Å²) >= 11 is 0. The number of methoxy groups -OCH3 is 1. The molecule has 0 heterocycles. The van der Waals surface area contributed by atoms with Crippen molar-refractivity contribution in [1.29, 1.82) is 0 Å². The quantitative estimate of drug-likeness (QED) is 0.738. The summed E-state index contributed by atoms with van der Waals surface area (Å²) in [6.45, 7) is 3.25. The highest BCUT2D eigenvalue weighted by Crippen LogP contribution is 2.17. The van der Waals surface area contributed by atoms with E-state index in [0.29, 0.717) is 0 Å². The van der Waals surface area contributed by atoms with Crippen LogP contribution in [0, 0.1) is 0 Å². The van der Waals surface area contributed by atoms with Crippen LogP contribution in [0.1, 0.15) is 46.0 Å². The van der Waals surface area contributed by atoms with Crippen LogP contribution in [0.2, 0.25) is 0 Å². The third kappa shape index (κ3) is 4.24. The van der Waals surface area contributed by atoms with E-state index in [-0.39, 0.29) is 12.1 Å². The van der Waals surface area contributed by atoms with Gasteiger partial charge in [-0.3, -0.25) is 0 Å². The fourth-order valence-corrected chi connectivity index (χ4v) is 2.06. The van der Waals surface area contributed by atoms with Gasteiger partial charge in [0.15, 0.2) is 0 Å². The normalized spacial score (nSPS) is 17.4. The van der Waals surface area contributed by atoms with Gasteiger partial charge in [-0.25, -0.2) is 9.59 Å². The van der Waals surface area contributed by atoms with E-state index in [1.54, 1.807) is 13.8 Å². The summed E-state index contributed by atoms with van der Waals surface area (Å²) in [6.07, 6.45) is 5.60. The molecule has 1 fully saturated rings. The lowest BCUT2D eigenvalue weighted by atomic mass is 9.96. The van der Waals surface area contributed by atoms with Crippen LogP contribution >= 0.6 is 0 Å². The minimum absolute atomic E-state index is 0.234. The minimum atomic E-state index is -0.993. The van der Waals surface area contributed by atoms with Gasteiger partial charge >= 0.3 is 12.0 Å². The Morgan fingerprint density at radius 3 is 2.29 bits per heavy atom. The Morgan fingerprint density at radius 1 is 1.18 bits per heavy atom. The van der Waals surface area contributed by atoms with Crippen LogP contribution in [0.4, 0.5) is 4.79 Å². The molecule has 1 aliphatic rings. The van der Waals surface area contributed by atoms with Crippen LogP contribution in [-0.4, -0.2) is 30.7 Å². The van der Waals surface area contributed by atoms with Crippen molar-refractivity contribution in [1.82, 2.24) is 10.6 Å². The largest absolute Gasteiger partial charge is 0.467 e. The lowest BCUT2D eigenvalue weighted by Gasteiger charge is -2.27. The third-order valence-corrected chi connectivity index (χ3v) is 3.06. The molecule has 17 heavy (non-hydrogen) atoms. The number of hydrogen-bond donors (Lipinski definition) is 2. The van der Waals surface area contributed by atoms with Gasteiger partial charge in [0.1, 0.15) is 5.54 Å². The molecule has 0 spiro atoms.